The van der Waals surface area contributed by atoms with Gasteiger partial charge < -0.3 is 9.47 Å². The van der Waals surface area contributed by atoms with Gasteiger partial charge in [-0.25, -0.2) is 29.9 Å². The van der Waals surface area contributed by atoms with Crippen molar-refractivity contribution in [1.82, 2.24) is 29.9 Å². The fraction of sp³-hybridized carbons (Fsp3) is 0.0192. The van der Waals surface area contributed by atoms with E-state index in [9.17, 15) is 0 Å². The van der Waals surface area contributed by atoms with Crippen molar-refractivity contribution in [3.8, 4) is 169 Å². The van der Waals surface area contributed by atoms with Crippen molar-refractivity contribution in [3.63, 3.8) is 0 Å². The van der Waals surface area contributed by atoms with E-state index in [1.54, 1.807) is 0 Å². The van der Waals surface area contributed by atoms with E-state index in [1.807, 2.05) is 48.5 Å². The summed E-state index contributed by atoms with van der Waals surface area (Å²) in [7, 11) is 0. The molecule has 8 nitrogen and oxygen atoms in total. The molecule has 4 heterocycles. The Kier molecular flexibility index (Phi) is 14.9. The molecule has 8 heteroatoms. The highest BCUT2D eigenvalue weighted by Gasteiger charge is 2.53. The molecule has 2 aliphatic carbocycles. The highest BCUT2D eigenvalue weighted by molar-refractivity contribution is 5.95. The van der Waals surface area contributed by atoms with Gasteiger partial charge in [-0.05, 0) is 143 Å². The summed E-state index contributed by atoms with van der Waals surface area (Å²) >= 11 is 0. The highest BCUT2D eigenvalue weighted by Crippen LogP contribution is 2.65. The van der Waals surface area contributed by atoms with Crippen LogP contribution in [-0.2, 0) is 10.8 Å². The average Bonchev–Trinajstić information content (AvgIpc) is 1.52. The van der Waals surface area contributed by atoms with Crippen LogP contribution >= 0.6 is 0 Å². The van der Waals surface area contributed by atoms with Gasteiger partial charge in [0.1, 0.15) is 23.0 Å². The van der Waals surface area contributed by atoms with Gasteiger partial charge in [0.2, 0.25) is 0 Å². The van der Waals surface area contributed by atoms with Gasteiger partial charge in [-0.2, -0.15) is 0 Å². The van der Waals surface area contributed by atoms with Crippen molar-refractivity contribution in [2.75, 3.05) is 0 Å². The molecule has 16 aromatic carbocycles. The van der Waals surface area contributed by atoms with Crippen LogP contribution in [0, 0.1) is 0 Å². The van der Waals surface area contributed by atoms with Gasteiger partial charge in [0.05, 0.1) is 10.8 Å². The molecule has 0 saturated heterocycles. The molecule has 0 radical (unpaired) electrons. The Hall–Kier alpha value is -14.9. The van der Waals surface area contributed by atoms with Gasteiger partial charge >= 0.3 is 0 Å². The van der Waals surface area contributed by atoms with E-state index >= 15 is 0 Å². The first kappa shape index (κ1) is 64.3. The van der Waals surface area contributed by atoms with E-state index in [0.29, 0.717) is 34.9 Å². The lowest BCUT2D eigenvalue weighted by Crippen LogP contribution is -2.32. The smallest absolute Gasteiger partial charge is 0.164 e. The summed E-state index contributed by atoms with van der Waals surface area (Å²) in [5, 5.41) is 0. The predicted octanol–water partition coefficient (Wildman–Crippen LogP) is 25.3. The summed E-state index contributed by atoms with van der Waals surface area (Å²) in [5.41, 5.74) is 29.1. The van der Waals surface area contributed by atoms with Crippen molar-refractivity contribution in [2.24, 2.45) is 0 Å². The minimum absolute atomic E-state index is 0.563. The third kappa shape index (κ3) is 10.2. The first-order valence-corrected chi connectivity index (χ1v) is 38.0. The molecule has 2 aromatic heterocycles. The molecule has 0 fully saturated rings. The first-order valence-electron chi connectivity index (χ1n) is 38.0. The Labute approximate surface area is 648 Å². The van der Waals surface area contributed by atoms with Crippen molar-refractivity contribution >= 4 is 0 Å². The molecule has 0 N–H and O–H groups in total. The Bertz CT molecular complexity index is 6740. The number of rotatable bonds is 11. The molecule has 0 atom stereocenters. The fourth-order valence-corrected chi connectivity index (χ4v) is 18.1. The second kappa shape index (κ2) is 25.9. The van der Waals surface area contributed by atoms with Gasteiger partial charge in [-0.15, -0.1) is 0 Å². The number of hydrogen-bond donors (Lipinski definition) is 0. The second-order valence-corrected chi connectivity index (χ2v) is 29.0. The van der Waals surface area contributed by atoms with Crippen LogP contribution in [0.5, 0.6) is 23.0 Å². The highest BCUT2D eigenvalue weighted by atomic mass is 16.5. The maximum Gasteiger partial charge on any atom is 0.164 e. The number of fused-ring (bicyclic) bond motifs is 18. The largest absolute Gasteiger partial charge is 0.457 e. The molecule has 18 aromatic rings. The Morgan fingerprint density at radius 2 is 0.393 bits per heavy atom. The lowest BCUT2D eigenvalue weighted by atomic mass is 9.65. The molecule has 4 aliphatic rings. The standard InChI is InChI=1S/C104H64N6O2/c1-3-26-67(27-4-1)97-105-99(108-101(107-97)74-31-25-30-71(62-74)75-32-7-8-33-76(75)72-58-60-95-91(63-72)103(89-46-21-23-48-93(89)111-95)85-42-17-13-37-80(85)81-38-14-18-43-86(81)103)69-54-50-65(51-55-69)66-52-56-70(57-53-66)100-106-98(68-28-5-2-6-29-68)109-102(110-100)84-41-12-11-36-79(84)78-35-10-9-34-77(78)73-59-61-96-92(64-73)104(90-47-22-24-49-94(90)112-96)87-44-19-15-39-82(87)83-40-16-20-45-88(83)104/h1-64H. The van der Waals surface area contributed by atoms with Crippen molar-refractivity contribution < 1.29 is 9.47 Å². The van der Waals surface area contributed by atoms with Crippen molar-refractivity contribution in [3.05, 3.63) is 433 Å². The zero-order valence-electron chi connectivity index (χ0n) is 60.5. The first-order chi connectivity index (χ1) is 55.5. The third-order valence-electron chi connectivity index (χ3n) is 23.0. The minimum Gasteiger partial charge on any atom is -0.457 e. The quantitative estimate of drug-likeness (QED) is 0.126. The van der Waals surface area contributed by atoms with Crippen molar-refractivity contribution in [2.45, 2.75) is 10.8 Å². The molecule has 0 amide bonds. The molecule has 522 valence electrons. The van der Waals surface area contributed by atoms with E-state index in [4.69, 9.17) is 39.4 Å². The number of hydrogen-bond acceptors (Lipinski definition) is 8. The minimum atomic E-state index is -0.609. The van der Waals surface area contributed by atoms with E-state index in [0.717, 1.165) is 134 Å². The molecule has 112 heavy (non-hydrogen) atoms. The van der Waals surface area contributed by atoms with E-state index in [1.165, 1.54) is 44.5 Å². The average molecular weight is 1430 g/mol. The number of ether oxygens (including phenoxy) is 2. The topological polar surface area (TPSA) is 95.8 Å². The number of benzene rings is 16. The lowest BCUT2D eigenvalue weighted by molar-refractivity contribution is 0.436. The maximum atomic E-state index is 6.87. The second-order valence-electron chi connectivity index (χ2n) is 29.0. The van der Waals surface area contributed by atoms with Crippen LogP contribution in [0.4, 0.5) is 0 Å². The summed E-state index contributed by atoms with van der Waals surface area (Å²) in [5.74, 6) is 6.86. The van der Waals surface area contributed by atoms with Crippen LogP contribution in [0.15, 0.2) is 388 Å². The fourth-order valence-electron chi connectivity index (χ4n) is 18.1. The monoisotopic (exact) mass is 1430 g/mol. The molecular formula is C104H64N6O2. The summed E-state index contributed by atoms with van der Waals surface area (Å²) in [4.78, 5) is 31.6. The Balaban J connectivity index is 0.584. The summed E-state index contributed by atoms with van der Waals surface area (Å²) in [6.45, 7) is 0. The van der Waals surface area contributed by atoms with Crippen LogP contribution < -0.4 is 9.47 Å². The Morgan fingerprint density at radius 1 is 0.143 bits per heavy atom. The van der Waals surface area contributed by atoms with Crippen LogP contribution in [0.25, 0.3) is 146 Å². The normalized spacial score (nSPS) is 13.1. The molecular weight excluding hydrogens is 1370 g/mol. The molecule has 0 unspecified atom stereocenters. The van der Waals surface area contributed by atoms with E-state index < -0.39 is 10.8 Å². The number of nitrogens with zero attached hydrogens (tertiary/aromatic N) is 6. The number of aromatic nitrogens is 6. The Morgan fingerprint density at radius 3 is 0.804 bits per heavy atom. The van der Waals surface area contributed by atoms with Crippen LogP contribution in [-0.4, -0.2) is 29.9 Å². The van der Waals surface area contributed by atoms with E-state index in [2.05, 4.69) is 340 Å². The summed E-state index contributed by atoms with van der Waals surface area (Å²) < 4.78 is 13.7. The zero-order valence-corrected chi connectivity index (χ0v) is 60.5. The summed E-state index contributed by atoms with van der Waals surface area (Å²) in [6.07, 6.45) is 0. The van der Waals surface area contributed by atoms with E-state index in [-0.39, 0.29) is 0 Å². The zero-order chi connectivity index (χ0) is 73.9. The molecule has 2 aliphatic heterocycles. The third-order valence-corrected chi connectivity index (χ3v) is 23.0. The van der Waals surface area contributed by atoms with Gasteiger partial charge in [0.15, 0.2) is 34.9 Å². The van der Waals surface area contributed by atoms with Gasteiger partial charge in [0.25, 0.3) is 0 Å². The van der Waals surface area contributed by atoms with Crippen LogP contribution in [0.1, 0.15) is 44.5 Å². The van der Waals surface area contributed by atoms with Crippen LogP contribution in [0.2, 0.25) is 0 Å². The summed E-state index contributed by atoms with van der Waals surface area (Å²) in [6, 6.07) is 138. The van der Waals surface area contributed by atoms with Gasteiger partial charge in [-0.3, -0.25) is 0 Å². The maximum absolute atomic E-state index is 6.87. The van der Waals surface area contributed by atoms with Crippen molar-refractivity contribution in [1.29, 1.82) is 0 Å². The molecule has 0 bridgehead atoms. The SMILES string of the molecule is c1ccc(-c2nc(-c3ccc(-c4ccc(-c5nc(-c6ccccc6)nc(-c6ccccc6-c6ccccc6-c6ccc7c(c6)C6(c8ccccc8O7)c7ccccc7-c7ccccc76)n5)cc4)cc3)nc(-c3cccc(-c4ccccc4-c4ccc5c(c4)C4(c6ccccc6O5)c5ccccc5-c5ccccc54)c3)n2)cc1. The van der Waals surface area contributed by atoms with Gasteiger partial charge in [0, 0.05) is 55.6 Å². The molecule has 22 rings (SSSR count). The predicted molar refractivity (Wildman–Crippen MR) is 448 cm³/mol. The lowest BCUT2D eigenvalue weighted by Gasteiger charge is -2.39. The molecule has 0 saturated carbocycles. The number of para-hydroxylation sites is 2. The molecule has 2 spiro atoms. The van der Waals surface area contributed by atoms with Gasteiger partial charge in [-0.1, -0.05) is 346 Å². The van der Waals surface area contributed by atoms with Crippen LogP contribution in [0.3, 0.4) is 0 Å².